The highest BCUT2D eigenvalue weighted by Crippen LogP contribution is 2.12. The zero-order valence-electron chi connectivity index (χ0n) is 11.0. The molecule has 17 heavy (non-hydrogen) atoms. The Morgan fingerprint density at radius 1 is 1.47 bits per heavy atom. The van der Waals surface area contributed by atoms with Crippen molar-refractivity contribution in [3.8, 4) is 0 Å². The van der Waals surface area contributed by atoms with Gasteiger partial charge in [-0.2, -0.15) is 0 Å². The summed E-state index contributed by atoms with van der Waals surface area (Å²) >= 11 is 0. The van der Waals surface area contributed by atoms with Crippen molar-refractivity contribution in [2.24, 2.45) is 0 Å². The average Bonchev–Trinajstić information content (AvgIpc) is 2.28. The van der Waals surface area contributed by atoms with Crippen molar-refractivity contribution in [2.45, 2.75) is 12.5 Å². The first-order chi connectivity index (χ1) is 8.16. The van der Waals surface area contributed by atoms with E-state index in [4.69, 9.17) is 0 Å². The fourth-order valence-electron chi connectivity index (χ4n) is 2.68. The molecule has 5 nitrogen and oxygen atoms in total. The number of amides is 1. The highest BCUT2D eigenvalue weighted by atomic mass is 16.2. The van der Waals surface area contributed by atoms with Gasteiger partial charge in [-0.05, 0) is 33.6 Å². The van der Waals surface area contributed by atoms with E-state index in [2.05, 4.69) is 34.1 Å². The quantitative estimate of drug-likeness (QED) is 0.688. The molecule has 0 spiro atoms. The Bertz CT molecular complexity index is 269. The molecule has 1 amide bonds. The summed E-state index contributed by atoms with van der Waals surface area (Å²) in [5.74, 6) is 0.313. The van der Waals surface area contributed by atoms with Gasteiger partial charge < -0.3 is 15.1 Å². The maximum absolute atomic E-state index is 12.0. The zero-order chi connectivity index (χ0) is 12.3. The maximum Gasteiger partial charge on any atom is 0.237 e. The van der Waals surface area contributed by atoms with Crippen LogP contribution in [0.15, 0.2) is 0 Å². The molecule has 2 heterocycles. The molecule has 2 aliphatic rings. The molecule has 0 bridgehead atoms. The van der Waals surface area contributed by atoms with E-state index in [0.717, 1.165) is 45.7 Å². The van der Waals surface area contributed by atoms with Crippen LogP contribution in [0.25, 0.3) is 0 Å². The van der Waals surface area contributed by atoms with Gasteiger partial charge in [0.2, 0.25) is 5.91 Å². The lowest BCUT2D eigenvalue weighted by Crippen LogP contribution is -2.63. The van der Waals surface area contributed by atoms with E-state index in [1.54, 1.807) is 0 Å². The van der Waals surface area contributed by atoms with Crippen LogP contribution in [0.2, 0.25) is 0 Å². The highest BCUT2D eigenvalue weighted by molar-refractivity contribution is 5.79. The predicted molar refractivity (Wildman–Crippen MR) is 68.0 cm³/mol. The largest absolute Gasteiger partial charge is 0.335 e. The van der Waals surface area contributed by atoms with Gasteiger partial charge in [0.05, 0.1) is 12.6 Å². The lowest BCUT2D eigenvalue weighted by Gasteiger charge is -2.44. The minimum absolute atomic E-state index is 0.313. The van der Waals surface area contributed by atoms with Crippen LogP contribution >= 0.6 is 0 Å². The first-order valence-corrected chi connectivity index (χ1v) is 6.54. The Morgan fingerprint density at radius 3 is 3.06 bits per heavy atom. The Kier molecular flexibility index (Phi) is 4.36. The molecule has 5 heteroatoms. The first-order valence-electron chi connectivity index (χ1n) is 6.54. The van der Waals surface area contributed by atoms with Crippen molar-refractivity contribution in [1.82, 2.24) is 20.0 Å². The summed E-state index contributed by atoms with van der Waals surface area (Å²) in [5.41, 5.74) is 0. The van der Waals surface area contributed by atoms with E-state index in [-0.39, 0.29) is 0 Å². The van der Waals surface area contributed by atoms with E-state index < -0.39 is 0 Å². The summed E-state index contributed by atoms with van der Waals surface area (Å²) in [6.07, 6.45) is 1.14. The molecule has 1 unspecified atom stereocenters. The van der Waals surface area contributed by atoms with Crippen molar-refractivity contribution < 1.29 is 4.79 Å². The van der Waals surface area contributed by atoms with Crippen LogP contribution in [0, 0.1) is 0 Å². The second kappa shape index (κ2) is 5.80. The number of hydrogen-bond donors (Lipinski definition) is 1. The number of rotatable bonds is 4. The summed E-state index contributed by atoms with van der Waals surface area (Å²) in [6.45, 7) is 6.56. The molecule has 0 aliphatic carbocycles. The summed E-state index contributed by atoms with van der Waals surface area (Å²) in [7, 11) is 4.18. The fraction of sp³-hybridized carbons (Fsp3) is 0.917. The minimum atomic E-state index is 0.313. The van der Waals surface area contributed by atoms with Crippen LogP contribution in [0.1, 0.15) is 6.42 Å². The van der Waals surface area contributed by atoms with Gasteiger partial charge in [0.15, 0.2) is 0 Å². The third-order valence-electron chi connectivity index (χ3n) is 3.58. The van der Waals surface area contributed by atoms with Gasteiger partial charge >= 0.3 is 0 Å². The van der Waals surface area contributed by atoms with E-state index >= 15 is 0 Å². The van der Waals surface area contributed by atoms with Gasteiger partial charge in [-0.3, -0.25) is 9.69 Å². The zero-order valence-corrected chi connectivity index (χ0v) is 11.0. The second-order valence-corrected chi connectivity index (χ2v) is 5.34. The number of nitrogens with one attached hydrogen (secondary N) is 1. The van der Waals surface area contributed by atoms with Gasteiger partial charge in [0.25, 0.3) is 0 Å². The van der Waals surface area contributed by atoms with Gasteiger partial charge in [0, 0.05) is 26.2 Å². The number of piperazine rings is 2. The standard InChI is InChI=1S/C12H24N4O/c1-14(2)5-3-6-15-9-11-8-13-4-7-16(11)12(17)10-15/h11,13H,3-10H2,1-2H3. The topological polar surface area (TPSA) is 38.8 Å². The first kappa shape index (κ1) is 12.8. The molecule has 98 valence electrons. The highest BCUT2D eigenvalue weighted by Gasteiger charge is 2.33. The molecule has 2 aliphatic heterocycles. The van der Waals surface area contributed by atoms with Crippen molar-refractivity contribution in [2.75, 3.05) is 59.9 Å². The number of carbonyl (C=O) groups excluding carboxylic acids is 1. The lowest BCUT2D eigenvalue weighted by atomic mass is 10.1. The summed E-state index contributed by atoms with van der Waals surface area (Å²) in [4.78, 5) is 18.5. The third kappa shape index (κ3) is 3.40. The summed E-state index contributed by atoms with van der Waals surface area (Å²) in [6, 6.07) is 0.393. The number of nitrogens with zero attached hydrogens (tertiary/aromatic N) is 3. The van der Waals surface area contributed by atoms with Crippen LogP contribution in [0.3, 0.4) is 0 Å². The Labute approximate surface area is 104 Å². The molecule has 1 atom stereocenters. The van der Waals surface area contributed by atoms with Gasteiger partial charge in [-0.15, -0.1) is 0 Å². The van der Waals surface area contributed by atoms with Crippen LogP contribution < -0.4 is 5.32 Å². The molecule has 2 saturated heterocycles. The molecule has 0 aromatic heterocycles. The molecule has 0 saturated carbocycles. The maximum atomic E-state index is 12.0. The number of fused-ring (bicyclic) bond motifs is 1. The van der Waals surface area contributed by atoms with Crippen molar-refractivity contribution in [1.29, 1.82) is 0 Å². The smallest absolute Gasteiger partial charge is 0.237 e. The van der Waals surface area contributed by atoms with Crippen LogP contribution in [-0.4, -0.2) is 86.6 Å². The van der Waals surface area contributed by atoms with Crippen molar-refractivity contribution in [3.63, 3.8) is 0 Å². The lowest BCUT2D eigenvalue weighted by molar-refractivity contribution is -0.140. The molecule has 2 fully saturated rings. The molecular formula is C12H24N4O. The molecule has 0 aromatic rings. The SMILES string of the molecule is CN(C)CCCN1CC(=O)N2CCNCC2C1. The van der Waals surface area contributed by atoms with E-state index in [1.165, 1.54) is 0 Å². The monoisotopic (exact) mass is 240 g/mol. The Hall–Kier alpha value is -0.650. The van der Waals surface area contributed by atoms with Gasteiger partial charge in [0.1, 0.15) is 0 Å². The van der Waals surface area contributed by atoms with Crippen LogP contribution in [0.5, 0.6) is 0 Å². The molecule has 0 aromatic carbocycles. The summed E-state index contributed by atoms with van der Waals surface area (Å²) in [5, 5.41) is 3.37. The molecule has 0 radical (unpaired) electrons. The van der Waals surface area contributed by atoms with Gasteiger partial charge in [-0.25, -0.2) is 0 Å². The normalized spacial score (nSPS) is 26.4. The van der Waals surface area contributed by atoms with E-state index in [9.17, 15) is 4.79 Å². The Balaban J connectivity index is 1.79. The number of hydrogen-bond acceptors (Lipinski definition) is 4. The average molecular weight is 240 g/mol. The van der Waals surface area contributed by atoms with Gasteiger partial charge in [-0.1, -0.05) is 0 Å². The molecule has 2 rings (SSSR count). The van der Waals surface area contributed by atoms with Crippen LogP contribution in [0.4, 0.5) is 0 Å². The number of carbonyl (C=O) groups is 1. The second-order valence-electron chi connectivity index (χ2n) is 5.34. The third-order valence-corrected chi connectivity index (χ3v) is 3.58. The fourth-order valence-corrected chi connectivity index (χ4v) is 2.68. The van der Waals surface area contributed by atoms with Crippen molar-refractivity contribution in [3.05, 3.63) is 0 Å². The molecule has 1 N–H and O–H groups in total. The summed E-state index contributed by atoms with van der Waals surface area (Å²) < 4.78 is 0. The van der Waals surface area contributed by atoms with Crippen molar-refractivity contribution >= 4 is 5.91 Å². The van der Waals surface area contributed by atoms with Crippen LogP contribution in [-0.2, 0) is 4.79 Å². The Morgan fingerprint density at radius 2 is 2.29 bits per heavy atom. The minimum Gasteiger partial charge on any atom is -0.335 e. The van der Waals surface area contributed by atoms with E-state index in [0.29, 0.717) is 18.5 Å². The predicted octanol–water partition coefficient (Wildman–Crippen LogP) is -0.946. The molecular weight excluding hydrogens is 216 g/mol. The van der Waals surface area contributed by atoms with E-state index in [1.807, 2.05) is 0 Å².